The number of furan rings is 1. The first-order chi connectivity index (χ1) is 11.9. The van der Waals surface area contributed by atoms with E-state index in [1.54, 1.807) is 19.1 Å². The maximum absolute atomic E-state index is 12.2. The molecular weight excluding hydrogens is 330 g/mol. The molecule has 0 bridgehead atoms. The Morgan fingerprint density at radius 2 is 1.60 bits per heavy atom. The topological polar surface area (TPSA) is 107 Å². The van der Waals surface area contributed by atoms with Gasteiger partial charge >= 0.3 is 5.97 Å². The largest absolute Gasteiger partial charge is 0.493 e. The summed E-state index contributed by atoms with van der Waals surface area (Å²) in [4.78, 5) is 23.0. The molecule has 134 valence electrons. The number of hydrogen-bond donors (Lipinski definition) is 2. The Bertz CT molecular complexity index is 756. The zero-order valence-electron chi connectivity index (χ0n) is 14.3. The highest BCUT2D eigenvalue weighted by molar-refractivity contribution is 5.93. The van der Waals surface area contributed by atoms with E-state index in [9.17, 15) is 9.59 Å². The summed E-state index contributed by atoms with van der Waals surface area (Å²) in [5.74, 6) is -0.787. The molecule has 1 aromatic carbocycles. The number of carboxylic acid groups (broad SMARTS) is 1. The maximum Gasteiger partial charge on any atom is 0.371 e. The number of carboxylic acids is 1. The number of carbonyl (C=O) groups is 2. The van der Waals surface area contributed by atoms with Crippen molar-refractivity contribution in [2.45, 2.75) is 13.0 Å². The molecule has 2 rings (SSSR count). The normalized spacial score (nSPS) is 11.5. The standard InChI is InChI=1S/C17H19NO7/c1-9(18-16(19)11-5-6-12(25-11)17(20)21)10-7-13(22-2)15(24-4)14(8-10)23-3/h5-9H,1-4H3,(H,18,19)(H,20,21). The molecule has 0 saturated carbocycles. The van der Waals surface area contributed by atoms with E-state index in [-0.39, 0.29) is 11.5 Å². The number of nitrogens with one attached hydrogen (secondary N) is 1. The van der Waals surface area contributed by atoms with Crippen LogP contribution in [0.25, 0.3) is 0 Å². The summed E-state index contributed by atoms with van der Waals surface area (Å²) in [6.07, 6.45) is 0. The number of methoxy groups -OCH3 is 3. The first-order valence-corrected chi connectivity index (χ1v) is 7.35. The minimum atomic E-state index is -1.24. The summed E-state index contributed by atoms with van der Waals surface area (Å²) < 4.78 is 20.8. The molecule has 1 atom stereocenters. The van der Waals surface area contributed by atoms with Gasteiger partial charge in [0.15, 0.2) is 17.3 Å². The fourth-order valence-corrected chi connectivity index (χ4v) is 2.28. The fraction of sp³-hybridized carbons (Fsp3) is 0.294. The van der Waals surface area contributed by atoms with Crippen molar-refractivity contribution < 1.29 is 33.3 Å². The molecule has 0 radical (unpaired) electrons. The van der Waals surface area contributed by atoms with Crippen LogP contribution in [0.4, 0.5) is 0 Å². The van der Waals surface area contributed by atoms with E-state index in [1.807, 2.05) is 0 Å². The van der Waals surface area contributed by atoms with E-state index < -0.39 is 17.9 Å². The van der Waals surface area contributed by atoms with Crippen LogP contribution in [0.1, 0.15) is 39.6 Å². The lowest BCUT2D eigenvalue weighted by Gasteiger charge is -2.18. The molecule has 1 aromatic heterocycles. The molecule has 0 aliphatic heterocycles. The second-order valence-electron chi connectivity index (χ2n) is 5.12. The molecule has 0 fully saturated rings. The van der Waals surface area contributed by atoms with Crippen molar-refractivity contribution in [1.82, 2.24) is 5.32 Å². The van der Waals surface area contributed by atoms with Crippen molar-refractivity contribution in [1.29, 1.82) is 0 Å². The number of hydrogen-bond acceptors (Lipinski definition) is 6. The quantitative estimate of drug-likeness (QED) is 0.791. The number of amides is 1. The summed E-state index contributed by atoms with van der Waals surface area (Å²) in [6, 6.07) is 5.55. The molecule has 8 heteroatoms. The third-order valence-electron chi connectivity index (χ3n) is 3.58. The van der Waals surface area contributed by atoms with Crippen molar-refractivity contribution in [3.63, 3.8) is 0 Å². The lowest BCUT2D eigenvalue weighted by Crippen LogP contribution is -2.26. The number of aromatic carboxylic acids is 1. The summed E-state index contributed by atoms with van der Waals surface area (Å²) in [5, 5.41) is 11.6. The average Bonchev–Trinajstić information content (AvgIpc) is 3.10. The molecule has 2 N–H and O–H groups in total. The van der Waals surface area contributed by atoms with Crippen molar-refractivity contribution in [3.05, 3.63) is 41.3 Å². The van der Waals surface area contributed by atoms with E-state index in [0.717, 1.165) is 0 Å². The van der Waals surface area contributed by atoms with E-state index in [1.165, 1.54) is 33.5 Å². The Hall–Kier alpha value is -3.16. The number of ether oxygens (including phenoxy) is 3. The molecule has 1 unspecified atom stereocenters. The average molecular weight is 349 g/mol. The lowest BCUT2D eigenvalue weighted by atomic mass is 10.1. The first kappa shape index (κ1) is 18.2. The van der Waals surface area contributed by atoms with Gasteiger partial charge in [-0.25, -0.2) is 4.79 Å². The maximum atomic E-state index is 12.2. The second kappa shape index (κ2) is 7.61. The van der Waals surface area contributed by atoms with Gasteiger partial charge in [-0.3, -0.25) is 4.79 Å². The minimum Gasteiger partial charge on any atom is -0.493 e. The van der Waals surface area contributed by atoms with E-state index in [2.05, 4.69) is 5.32 Å². The zero-order valence-corrected chi connectivity index (χ0v) is 14.3. The number of rotatable bonds is 7. The van der Waals surface area contributed by atoms with Gasteiger partial charge in [0.25, 0.3) is 5.91 Å². The highest BCUT2D eigenvalue weighted by Crippen LogP contribution is 2.39. The van der Waals surface area contributed by atoms with Crippen LogP contribution in [0, 0.1) is 0 Å². The van der Waals surface area contributed by atoms with Crippen LogP contribution in [0.3, 0.4) is 0 Å². The second-order valence-corrected chi connectivity index (χ2v) is 5.12. The van der Waals surface area contributed by atoms with Crippen LogP contribution in [0.2, 0.25) is 0 Å². The van der Waals surface area contributed by atoms with Crippen molar-refractivity contribution in [2.24, 2.45) is 0 Å². The van der Waals surface area contributed by atoms with Crippen molar-refractivity contribution in [2.75, 3.05) is 21.3 Å². The first-order valence-electron chi connectivity index (χ1n) is 7.35. The highest BCUT2D eigenvalue weighted by atomic mass is 16.5. The molecule has 0 saturated heterocycles. The zero-order chi connectivity index (χ0) is 18.6. The lowest BCUT2D eigenvalue weighted by molar-refractivity contribution is 0.0659. The van der Waals surface area contributed by atoms with Gasteiger partial charge in [-0.2, -0.15) is 0 Å². The van der Waals surface area contributed by atoms with Crippen molar-refractivity contribution >= 4 is 11.9 Å². The number of benzene rings is 1. The smallest absolute Gasteiger partial charge is 0.371 e. The summed E-state index contributed by atoms with van der Waals surface area (Å²) >= 11 is 0. The molecule has 0 aliphatic carbocycles. The molecular formula is C17H19NO7. The number of carbonyl (C=O) groups excluding carboxylic acids is 1. The molecule has 1 amide bonds. The summed E-state index contributed by atoms with van der Waals surface area (Å²) in [7, 11) is 4.50. The molecule has 0 aliphatic rings. The van der Waals surface area contributed by atoms with Crippen LogP contribution in [0.15, 0.2) is 28.7 Å². The monoisotopic (exact) mass is 349 g/mol. The third kappa shape index (κ3) is 3.85. The highest BCUT2D eigenvalue weighted by Gasteiger charge is 2.20. The molecule has 25 heavy (non-hydrogen) atoms. The van der Waals surface area contributed by atoms with Gasteiger partial charge < -0.3 is 29.1 Å². The van der Waals surface area contributed by atoms with Crippen LogP contribution >= 0.6 is 0 Å². The summed E-state index contributed by atoms with van der Waals surface area (Å²) in [5.41, 5.74) is 0.716. The Morgan fingerprint density at radius 1 is 1.04 bits per heavy atom. The molecule has 2 aromatic rings. The molecule has 0 spiro atoms. The Balaban J connectivity index is 2.23. The van der Waals surface area contributed by atoms with E-state index in [0.29, 0.717) is 22.8 Å². The van der Waals surface area contributed by atoms with Gasteiger partial charge in [-0.15, -0.1) is 0 Å². The van der Waals surface area contributed by atoms with E-state index >= 15 is 0 Å². The Morgan fingerprint density at radius 3 is 2.04 bits per heavy atom. The van der Waals surface area contributed by atoms with Crippen LogP contribution < -0.4 is 19.5 Å². The SMILES string of the molecule is COc1cc(C(C)NC(=O)c2ccc(C(=O)O)o2)cc(OC)c1OC. The van der Waals surface area contributed by atoms with Gasteiger partial charge in [0.2, 0.25) is 11.5 Å². The fourth-order valence-electron chi connectivity index (χ4n) is 2.28. The Kier molecular flexibility index (Phi) is 5.53. The van der Waals surface area contributed by atoms with E-state index in [4.69, 9.17) is 23.7 Å². The van der Waals surface area contributed by atoms with Crippen LogP contribution in [-0.4, -0.2) is 38.3 Å². The predicted molar refractivity (Wildman–Crippen MR) is 87.6 cm³/mol. The summed E-state index contributed by atoms with van der Waals surface area (Å²) in [6.45, 7) is 1.76. The van der Waals surface area contributed by atoms with Gasteiger partial charge in [0.1, 0.15) is 0 Å². The van der Waals surface area contributed by atoms with Crippen LogP contribution in [-0.2, 0) is 0 Å². The predicted octanol–water partition coefficient (Wildman–Crippen LogP) is 2.49. The van der Waals surface area contributed by atoms with Gasteiger partial charge in [-0.05, 0) is 36.8 Å². The third-order valence-corrected chi connectivity index (χ3v) is 3.58. The minimum absolute atomic E-state index is 0.0864. The van der Waals surface area contributed by atoms with Crippen molar-refractivity contribution in [3.8, 4) is 17.2 Å². The molecule has 8 nitrogen and oxygen atoms in total. The Labute approximate surface area is 144 Å². The molecule has 1 heterocycles. The van der Waals surface area contributed by atoms with Gasteiger partial charge in [-0.1, -0.05) is 0 Å². The van der Waals surface area contributed by atoms with Crippen LogP contribution in [0.5, 0.6) is 17.2 Å². The van der Waals surface area contributed by atoms with Gasteiger partial charge in [0.05, 0.1) is 27.4 Å². The van der Waals surface area contributed by atoms with Gasteiger partial charge in [0, 0.05) is 0 Å².